The number of hydrogen-bond donors (Lipinski definition) is 1. The van der Waals surface area contributed by atoms with Crippen molar-refractivity contribution in [2.45, 2.75) is 6.92 Å². The van der Waals surface area contributed by atoms with Crippen LogP contribution in [0, 0.1) is 6.92 Å². The number of carbonyl (C=O) groups excluding carboxylic acids is 1. The number of nitrogens with zero attached hydrogens (tertiary/aromatic N) is 4. The van der Waals surface area contributed by atoms with E-state index in [0.29, 0.717) is 29.5 Å². The second-order valence-electron chi connectivity index (χ2n) is 6.67. The van der Waals surface area contributed by atoms with Gasteiger partial charge in [-0.15, -0.1) is 15.3 Å². The first-order valence-corrected chi connectivity index (χ1v) is 9.48. The molecule has 0 atom stereocenters. The van der Waals surface area contributed by atoms with E-state index in [1.807, 2.05) is 43.3 Å². The van der Waals surface area contributed by atoms with E-state index in [4.69, 9.17) is 9.47 Å². The molecule has 30 heavy (non-hydrogen) atoms. The molecule has 0 radical (unpaired) electrons. The van der Waals surface area contributed by atoms with E-state index in [0.717, 1.165) is 16.9 Å². The fourth-order valence-electron chi connectivity index (χ4n) is 2.92. The van der Waals surface area contributed by atoms with E-state index in [-0.39, 0.29) is 12.5 Å². The Hall–Kier alpha value is -3.94. The molecule has 0 spiro atoms. The van der Waals surface area contributed by atoms with Crippen LogP contribution in [-0.4, -0.2) is 46.0 Å². The molecule has 1 amide bonds. The monoisotopic (exact) mass is 403 g/mol. The summed E-state index contributed by atoms with van der Waals surface area (Å²) in [5, 5.41) is 15.7. The van der Waals surface area contributed by atoms with Gasteiger partial charge in [0.05, 0.1) is 13.7 Å². The zero-order valence-electron chi connectivity index (χ0n) is 16.7. The molecule has 1 N–H and O–H groups in total. The fourth-order valence-corrected chi connectivity index (χ4v) is 2.92. The number of aromatic nitrogens is 4. The molecule has 0 saturated carbocycles. The van der Waals surface area contributed by atoms with Crippen LogP contribution in [0.1, 0.15) is 15.9 Å². The molecule has 2 aromatic carbocycles. The Balaban J connectivity index is 1.41. The van der Waals surface area contributed by atoms with Crippen molar-refractivity contribution >= 4 is 11.6 Å². The lowest BCUT2D eigenvalue weighted by Crippen LogP contribution is -2.28. The number of rotatable bonds is 7. The van der Waals surface area contributed by atoms with Gasteiger partial charge in [0.1, 0.15) is 12.4 Å². The van der Waals surface area contributed by atoms with Crippen LogP contribution in [0.15, 0.2) is 60.7 Å². The highest BCUT2D eigenvalue weighted by Crippen LogP contribution is 2.23. The smallest absolute Gasteiger partial charge is 0.251 e. The molecular weight excluding hydrogens is 382 g/mol. The molecule has 152 valence electrons. The molecule has 8 heteroatoms. The summed E-state index contributed by atoms with van der Waals surface area (Å²) in [7, 11) is 1.61. The molecule has 4 rings (SSSR count). The third-order valence-corrected chi connectivity index (χ3v) is 4.52. The molecule has 2 aromatic heterocycles. The minimum Gasteiger partial charge on any atom is -0.497 e. The number of amides is 1. The highest BCUT2D eigenvalue weighted by Gasteiger charge is 2.11. The summed E-state index contributed by atoms with van der Waals surface area (Å²) in [4.78, 5) is 12.1. The number of nitrogens with one attached hydrogen (secondary N) is 1. The molecular formula is C22H21N5O3. The predicted octanol–water partition coefficient (Wildman–Crippen LogP) is 2.92. The van der Waals surface area contributed by atoms with Crippen molar-refractivity contribution in [3.8, 4) is 23.0 Å². The van der Waals surface area contributed by atoms with Gasteiger partial charge in [0, 0.05) is 17.2 Å². The largest absolute Gasteiger partial charge is 0.497 e. The van der Waals surface area contributed by atoms with Crippen LogP contribution in [0.2, 0.25) is 0 Å². The van der Waals surface area contributed by atoms with Gasteiger partial charge in [0.25, 0.3) is 5.91 Å². The maximum absolute atomic E-state index is 12.1. The van der Waals surface area contributed by atoms with Gasteiger partial charge >= 0.3 is 0 Å². The van der Waals surface area contributed by atoms with Crippen molar-refractivity contribution in [1.82, 2.24) is 25.1 Å². The molecule has 0 aliphatic rings. The third kappa shape index (κ3) is 4.22. The Kier molecular flexibility index (Phi) is 5.56. The zero-order valence-corrected chi connectivity index (χ0v) is 16.7. The summed E-state index contributed by atoms with van der Waals surface area (Å²) in [6, 6.07) is 18.4. The van der Waals surface area contributed by atoms with E-state index in [1.54, 1.807) is 35.9 Å². The van der Waals surface area contributed by atoms with Crippen LogP contribution in [0.3, 0.4) is 0 Å². The minimum atomic E-state index is -0.138. The van der Waals surface area contributed by atoms with Crippen LogP contribution < -0.4 is 14.8 Å². The second kappa shape index (κ2) is 8.60. The van der Waals surface area contributed by atoms with Gasteiger partial charge in [-0.25, -0.2) is 0 Å². The Labute approximate surface area is 173 Å². The van der Waals surface area contributed by atoms with Gasteiger partial charge in [-0.05, 0) is 37.3 Å². The molecule has 0 fully saturated rings. The molecule has 0 saturated heterocycles. The summed E-state index contributed by atoms with van der Waals surface area (Å²) in [5.41, 5.74) is 3.16. The Morgan fingerprint density at radius 1 is 1.07 bits per heavy atom. The maximum Gasteiger partial charge on any atom is 0.251 e. The van der Waals surface area contributed by atoms with Crippen LogP contribution in [0.25, 0.3) is 17.0 Å². The number of methoxy groups -OCH3 is 1. The van der Waals surface area contributed by atoms with Gasteiger partial charge in [0.15, 0.2) is 11.5 Å². The minimum absolute atomic E-state index is 0.138. The summed E-state index contributed by atoms with van der Waals surface area (Å²) >= 11 is 0. The lowest BCUT2D eigenvalue weighted by molar-refractivity contribution is 0.0946. The Morgan fingerprint density at radius 2 is 1.90 bits per heavy atom. The van der Waals surface area contributed by atoms with Crippen molar-refractivity contribution in [1.29, 1.82) is 0 Å². The van der Waals surface area contributed by atoms with Crippen LogP contribution in [-0.2, 0) is 0 Å². The number of aryl methyl sites for hydroxylation is 1. The average Bonchev–Trinajstić information content (AvgIpc) is 3.20. The van der Waals surface area contributed by atoms with Gasteiger partial charge in [-0.2, -0.15) is 4.52 Å². The summed E-state index contributed by atoms with van der Waals surface area (Å²) in [5.74, 6) is 1.58. The summed E-state index contributed by atoms with van der Waals surface area (Å²) in [6.07, 6.45) is 0. The van der Waals surface area contributed by atoms with Crippen molar-refractivity contribution in [3.63, 3.8) is 0 Å². The third-order valence-electron chi connectivity index (χ3n) is 4.52. The number of carbonyl (C=O) groups is 1. The molecule has 0 aliphatic carbocycles. The summed E-state index contributed by atoms with van der Waals surface area (Å²) in [6.45, 7) is 2.62. The lowest BCUT2D eigenvalue weighted by Gasteiger charge is -2.08. The first kappa shape index (κ1) is 19.4. The van der Waals surface area contributed by atoms with Crippen molar-refractivity contribution < 1.29 is 14.3 Å². The topological polar surface area (TPSA) is 90.6 Å². The average molecular weight is 403 g/mol. The van der Waals surface area contributed by atoms with Gasteiger partial charge in [0.2, 0.25) is 5.88 Å². The molecule has 2 heterocycles. The van der Waals surface area contributed by atoms with Crippen LogP contribution >= 0.6 is 0 Å². The normalized spacial score (nSPS) is 10.7. The number of ether oxygens (including phenoxy) is 2. The van der Waals surface area contributed by atoms with Crippen molar-refractivity contribution in [2.75, 3.05) is 20.3 Å². The zero-order chi connectivity index (χ0) is 20.9. The first-order valence-electron chi connectivity index (χ1n) is 9.48. The summed E-state index contributed by atoms with van der Waals surface area (Å²) < 4.78 is 12.6. The second-order valence-corrected chi connectivity index (χ2v) is 6.67. The standard InChI is InChI=1S/C22H21N5O3/c1-15-6-8-16(9-7-15)22(28)23-12-13-30-20-11-10-19-24-25-21(27(19)26-20)17-4-3-5-18(14-17)29-2/h3-11,14H,12-13H2,1-2H3,(H,23,28). The highest BCUT2D eigenvalue weighted by molar-refractivity contribution is 5.94. The molecule has 4 aromatic rings. The maximum atomic E-state index is 12.1. The highest BCUT2D eigenvalue weighted by atomic mass is 16.5. The predicted molar refractivity (Wildman–Crippen MR) is 112 cm³/mol. The van der Waals surface area contributed by atoms with E-state index < -0.39 is 0 Å². The van der Waals surface area contributed by atoms with Crippen molar-refractivity contribution in [3.05, 3.63) is 71.8 Å². The molecule has 0 unspecified atom stereocenters. The fraction of sp³-hybridized carbons (Fsp3) is 0.182. The Morgan fingerprint density at radius 3 is 2.70 bits per heavy atom. The lowest BCUT2D eigenvalue weighted by atomic mass is 10.1. The van der Waals surface area contributed by atoms with Gasteiger partial charge < -0.3 is 14.8 Å². The van der Waals surface area contributed by atoms with E-state index in [1.165, 1.54) is 0 Å². The quantitative estimate of drug-likeness (QED) is 0.477. The molecule has 8 nitrogen and oxygen atoms in total. The molecule has 0 aliphatic heterocycles. The van der Waals surface area contributed by atoms with Crippen LogP contribution in [0.4, 0.5) is 0 Å². The number of benzene rings is 2. The first-order chi connectivity index (χ1) is 14.6. The van der Waals surface area contributed by atoms with Gasteiger partial charge in [-0.3, -0.25) is 4.79 Å². The van der Waals surface area contributed by atoms with E-state index in [2.05, 4.69) is 20.6 Å². The SMILES string of the molecule is COc1cccc(-c2nnc3ccc(OCCNC(=O)c4ccc(C)cc4)nn23)c1. The van der Waals surface area contributed by atoms with E-state index in [9.17, 15) is 4.79 Å². The van der Waals surface area contributed by atoms with Gasteiger partial charge in [-0.1, -0.05) is 29.8 Å². The molecule has 0 bridgehead atoms. The Bertz CT molecular complexity index is 1170. The van der Waals surface area contributed by atoms with Crippen molar-refractivity contribution in [2.24, 2.45) is 0 Å². The number of fused-ring (bicyclic) bond motifs is 1. The van der Waals surface area contributed by atoms with Crippen LogP contribution in [0.5, 0.6) is 11.6 Å². The number of hydrogen-bond acceptors (Lipinski definition) is 6. The van der Waals surface area contributed by atoms with E-state index >= 15 is 0 Å².